The van der Waals surface area contributed by atoms with Crippen molar-refractivity contribution >= 4 is 28.9 Å². The van der Waals surface area contributed by atoms with Crippen molar-refractivity contribution in [3.05, 3.63) is 49.1 Å². The quantitative estimate of drug-likeness (QED) is 0.805. The first-order chi connectivity index (χ1) is 10.3. The lowest BCUT2D eigenvalue weighted by molar-refractivity contribution is 0.183. The Morgan fingerprint density at radius 1 is 1.33 bits per heavy atom. The molecule has 0 aliphatic carbocycles. The van der Waals surface area contributed by atoms with Gasteiger partial charge in [0.1, 0.15) is 6.33 Å². The molecule has 2 aromatic heterocycles. The SMILES string of the molecule is COC(=O)Nn1cnc2cc(Sc3cccnc3)ccc21. The van der Waals surface area contributed by atoms with Gasteiger partial charge in [-0.1, -0.05) is 11.8 Å². The molecule has 0 aliphatic rings. The second-order valence-corrected chi connectivity index (χ2v) is 5.31. The predicted octanol–water partition coefficient (Wildman–Crippen LogP) is 2.89. The first-order valence-corrected chi connectivity index (χ1v) is 6.98. The van der Waals surface area contributed by atoms with Gasteiger partial charge in [-0.2, -0.15) is 0 Å². The van der Waals surface area contributed by atoms with Crippen LogP contribution in [-0.4, -0.2) is 27.8 Å². The molecule has 1 amide bonds. The van der Waals surface area contributed by atoms with Crippen LogP contribution in [0.4, 0.5) is 4.79 Å². The number of fused-ring (bicyclic) bond motifs is 1. The van der Waals surface area contributed by atoms with E-state index in [1.54, 1.807) is 24.3 Å². The van der Waals surface area contributed by atoms with Crippen LogP contribution in [0.1, 0.15) is 0 Å². The zero-order valence-electron chi connectivity index (χ0n) is 11.2. The van der Waals surface area contributed by atoms with E-state index >= 15 is 0 Å². The number of nitrogens with one attached hydrogen (secondary N) is 1. The Hall–Kier alpha value is -2.54. The Morgan fingerprint density at radius 2 is 2.24 bits per heavy atom. The predicted molar refractivity (Wildman–Crippen MR) is 79.9 cm³/mol. The number of amides is 1. The Morgan fingerprint density at radius 3 is 3.00 bits per heavy atom. The van der Waals surface area contributed by atoms with Gasteiger partial charge in [0.25, 0.3) is 0 Å². The summed E-state index contributed by atoms with van der Waals surface area (Å²) in [6.45, 7) is 0. The molecule has 0 spiro atoms. The number of methoxy groups -OCH3 is 1. The Balaban J connectivity index is 1.86. The Kier molecular flexibility index (Phi) is 3.74. The fourth-order valence-electron chi connectivity index (χ4n) is 1.83. The second kappa shape index (κ2) is 5.84. The molecule has 3 aromatic rings. The average Bonchev–Trinajstić information content (AvgIpc) is 2.90. The van der Waals surface area contributed by atoms with Crippen molar-refractivity contribution in [2.24, 2.45) is 0 Å². The van der Waals surface area contributed by atoms with Crippen LogP contribution in [0.15, 0.2) is 58.8 Å². The lowest BCUT2D eigenvalue weighted by Gasteiger charge is -2.05. The Bertz CT molecular complexity index is 773. The molecular formula is C14H12N4O2S. The van der Waals surface area contributed by atoms with Crippen molar-refractivity contribution in [1.82, 2.24) is 14.6 Å². The van der Waals surface area contributed by atoms with E-state index in [1.165, 1.54) is 11.8 Å². The number of pyridine rings is 1. The van der Waals surface area contributed by atoms with Gasteiger partial charge >= 0.3 is 6.09 Å². The molecule has 0 saturated heterocycles. The maximum atomic E-state index is 11.2. The average molecular weight is 300 g/mol. The van der Waals surface area contributed by atoms with Crippen molar-refractivity contribution in [3.63, 3.8) is 0 Å². The molecule has 0 radical (unpaired) electrons. The van der Waals surface area contributed by atoms with Gasteiger partial charge in [-0.3, -0.25) is 4.98 Å². The molecule has 6 nitrogen and oxygen atoms in total. The second-order valence-electron chi connectivity index (χ2n) is 4.16. The molecule has 0 unspecified atom stereocenters. The standard InChI is InChI=1S/C14H12N4O2S/c1-20-14(19)17-18-9-16-12-7-10(4-5-13(12)18)21-11-3-2-6-15-8-11/h2-9H,1H3,(H,17,19). The van der Waals surface area contributed by atoms with E-state index in [0.717, 1.165) is 20.8 Å². The smallest absolute Gasteiger partial charge is 0.426 e. The summed E-state index contributed by atoms with van der Waals surface area (Å²) < 4.78 is 6.09. The highest BCUT2D eigenvalue weighted by atomic mass is 32.2. The van der Waals surface area contributed by atoms with Crippen molar-refractivity contribution in [2.45, 2.75) is 9.79 Å². The highest BCUT2D eigenvalue weighted by Crippen LogP contribution is 2.28. The molecule has 21 heavy (non-hydrogen) atoms. The third-order valence-corrected chi connectivity index (χ3v) is 3.75. The largest absolute Gasteiger partial charge is 0.452 e. The third-order valence-electron chi connectivity index (χ3n) is 2.79. The fourth-order valence-corrected chi connectivity index (χ4v) is 2.67. The molecule has 2 heterocycles. The number of benzene rings is 1. The molecule has 3 rings (SSSR count). The molecule has 0 atom stereocenters. The molecule has 0 aliphatic heterocycles. The maximum absolute atomic E-state index is 11.2. The number of aromatic nitrogens is 3. The molecule has 106 valence electrons. The topological polar surface area (TPSA) is 69.0 Å². The number of carbonyl (C=O) groups is 1. The van der Waals surface area contributed by atoms with Crippen LogP contribution in [0.25, 0.3) is 11.0 Å². The zero-order valence-corrected chi connectivity index (χ0v) is 12.0. The lowest BCUT2D eigenvalue weighted by atomic mass is 10.3. The first kappa shape index (κ1) is 13.4. The minimum Gasteiger partial charge on any atom is -0.452 e. The number of rotatable bonds is 3. The molecule has 0 fully saturated rings. The fraction of sp³-hybridized carbons (Fsp3) is 0.0714. The van der Waals surface area contributed by atoms with Crippen LogP contribution >= 0.6 is 11.8 Å². The van der Waals surface area contributed by atoms with Crippen LogP contribution < -0.4 is 5.43 Å². The number of ether oxygens (including phenoxy) is 1. The van der Waals surface area contributed by atoms with E-state index in [4.69, 9.17) is 0 Å². The third kappa shape index (κ3) is 2.97. The Labute approximate surface area is 125 Å². The summed E-state index contributed by atoms with van der Waals surface area (Å²) in [5.74, 6) is 0. The van der Waals surface area contributed by atoms with Crippen molar-refractivity contribution in [3.8, 4) is 0 Å². The summed E-state index contributed by atoms with van der Waals surface area (Å²) in [7, 11) is 1.32. The summed E-state index contributed by atoms with van der Waals surface area (Å²) in [4.78, 5) is 21.7. The van der Waals surface area contributed by atoms with Gasteiger partial charge < -0.3 is 4.74 Å². The van der Waals surface area contributed by atoms with E-state index in [1.807, 2.05) is 36.5 Å². The molecule has 0 bridgehead atoms. The lowest BCUT2D eigenvalue weighted by Crippen LogP contribution is -2.21. The van der Waals surface area contributed by atoms with Gasteiger partial charge in [0.2, 0.25) is 0 Å². The van der Waals surface area contributed by atoms with Gasteiger partial charge in [-0.25, -0.2) is 19.9 Å². The van der Waals surface area contributed by atoms with Crippen LogP contribution in [0.5, 0.6) is 0 Å². The highest BCUT2D eigenvalue weighted by molar-refractivity contribution is 7.99. The number of carbonyl (C=O) groups excluding carboxylic acids is 1. The van der Waals surface area contributed by atoms with Crippen LogP contribution in [-0.2, 0) is 4.74 Å². The molecule has 0 saturated carbocycles. The highest BCUT2D eigenvalue weighted by Gasteiger charge is 2.07. The molecule has 1 aromatic carbocycles. The number of nitrogens with zero attached hydrogens (tertiary/aromatic N) is 3. The van der Waals surface area contributed by atoms with E-state index in [2.05, 4.69) is 20.1 Å². The van der Waals surface area contributed by atoms with Gasteiger partial charge in [0, 0.05) is 22.2 Å². The normalized spacial score (nSPS) is 10.5. The van der Waals surface area contributed by atoms with Crippen LogP contribution in [0.3, 0.4) is 0 Å². The number of hydrogen-bond donors (Lipinski definition) is 1. The van der Waals surface area contributed by atoms with Crippen molar-refractivity contribution in [2.75, 3.05) is 12.5 Å². The van der Waals surface area contributed by atoms with Crippen molar-refractivity contribution in [1.29, 1.82) is 0 Å². The summed E-state index contributed by atoms with van der Waals surface area (Å²) in [5.41, 5.74) is 4.15. The number of imidazole rings is 1. The first-order valence-electron chi connectivity index (χ1n) is 6.16. The molecule has 1 N–H and O–H groups in total. The summed E-state index contributed by atoms with van der Waals surface area (Å²) in [5, 5.41) is 0. The molecule has 7 heteroatoms. The van der Waals surface area contributed by atoms with Gasteiger partial charge in [-0.05, 0) is 30.3 Å². The van der Waals surface area contributed by atoms with Gasteiger partial charge in [0.05, 0.1) is 18.1 Å². The van der Waals surface area contributed by atoms with Gasteiger partial charge in [-0.15, -0.1) is 0 Å². The van der Waals surface area contributed by atoms with E-state index in [0.29, 0.717) is 0 Å². The van der Waals surface area contributed by atoms with E-state index in [9.17, 15) is 4.79 Å². The minimum absolute atomic E-state index is 0.539. The molecular weight excluding hydrogens is 288 g/mol. The van der Waals surface area contributed by atoms with Crippen LogP contribution in [0.2, 0.25) is 0 Å². The van der Waals surface area contributed by atoms with Crippen molar-refractivity contribution < 1.29 is 9.53 Å². The summed E-state index contributed by atoms with van der Waals surface area (Å²) in [6.07, 6.45) is 4.56. The van der Waals surface area contributed by atoms with E-state index in [-0.39, 0.29) is 0 Å². The summed E-state index contributed by atoms with van der Waals surface area (Å²) >= 11 is 1.61. The maximum Gasteiger partial charge on any atom is 0.426 e. The summed E-state index contributed by atoms with van der Waals surface area (Å²) in [6, 6.07) is 9.73. The monoisotopic (exact) mass is 300 g/mol. The van der Waals surface area contributed by atoms with Crippen LogP contribution in [0, 0.1) is 0 Å². The van der Waals surface area contributed by atoms with Gasteiger partial charge in [0.15, 0.2) is 0 Å². The zero-order chi connectivity index (χ0) is 14.7. The van der Waals surface area contributed by atoms with E-state index < -0.39 is 6.09 Å². The minimum atomic E-state index is -0.539. The number of hydrogen-bond acceptors (Lipinski definition) is 5.